The molecular formula is C16H26N2O. The fourth-order valence-electron chi connectivity index (χ4n) is 2.10. The molecule has 0 spiro atoms. The first kappa shape index (κ1) is 15.5. The van der Waals surface area contributed by atoms with E-state index in [9.17, 15) is 4.79 Å². The molecule has 0 fully saturated rings. The number of anilines is 1. The fraction of sp³-hybridized carbons (Fsp3) is 0.562. The molecule has 0 saturated carbocycles. The molecule has 0 unspecified atom stereocenters. The minimum absolute atomic E-state index is 0.00265. The summed E-state index contributed by atoms with van der Waals surface area (Å²) in [6, 6.07) is 5.83. The number of hydrogen-bond donors (Lipinski definition) is 2. The number of nitrogens with one attached hydrogen (secondary N) is 2. The number of aryl methyl sites for hydroxylation is 1. The molecule has 1 aromatic carbocycles. The zero-order valence-corrected chi connectivity index (χ0v) is 12.5. The summed E-state index contributed by atoms with van der Waals surface area (Å²) in [5, 5.41) is 6.30. The lowest BCUT2D eigenvalue weighted by Gasteiger charge is -2.16. The van der Waals surface area contributed by atoms with Crippen LogP contribution >= 0.6 is 0 Å². The number of amides is 1. The van der Waals surface area contributed by atoms with Crippen LogP contribution in [0.1, 0.15) is 49.5 Å². The largest absolute Gasteiger partial charge is 0.385 e. The van der Waals surface area contributed by atoms with Gasteiger partial charge in [0, 0.05) is 24.3 Å². The molecule has 3 nitrogen and oxygen atoms in total. The molecule has 0 heterocycles. The van der Waals surface area contributed by atoms with Crippen molar-refractivity contribution < 1.29 is 4.79 Å². The molecule has 1 aromatic rings. The average molecular weight is 262 g/mol. The molecule has 0 radical (unpaired) electrons. The van der Waals surface area contributed by atoms with Gasteiger partial charge in [0.25, 0.3) is 5.91 Å². The van der Waals surface area contributed by atoms with E-state index in [2.05, 4.69) is 24.5 Å². The van der Waals surface area contributed by atoms with Gasteiger partial charge in [0.2, 0.25) is 0 Å². The fourth-order valence-corrected chi connectivity index (χ4v) is 2.10. The first-order chi connectivity index (χ1) is 9.12. The van der Waals surface area contributed by atoms with Gasteiger partial charge in [-0.05, 0) is 43.5 Å². The van der Waals surface area contributed by atoms with Gasteiger partial charge in [-0.3, -0.25) is 4.79 Å². The van der Waals surface area contributed by atoms with Gasteiger partial charge in [0.05, 0.1) is 0 Å². The van der Waals surface area contributed by atoms with Crippen molar-refractivity contribution in [2.24, 2.45) is 5.92 Å². The molecular weight excluding hydrogens is 236 g/mol. The summed E-state index contributed by atoms with van der Waals surface area (Å²) in [6.45, 7) is 10.1. The quantitative estimate of drug-likeness (QED) is 0.788. The Hall–Kier alpha value is -1.51. The van der Waals surface area contributed by atoms with E-state index < -0.39 is 0 Å². The lowest BCUT2D eigenvalue weighted by atomic mass is 10.0. The van der Waals surface area contributed by atoms with Crippen LogP contribution in [0.15, 0.2) is 18.2 Å². The van der Waals surface area contributed by atoms with Gasteiger partial charge in [-0.25, -0.2) is 0 Å². The Morgan fingerprint density at radius 2 is 1.89 bits per heavy atom. The van der Waals surface area contributed by atoms with Gasteiger partial charge in [-0.2, -0.15) is 0 Å². The Balaban J connectivity index is 2.69. The SMILES string of the molecule is CCNC(=O)c1ccc(NCC(CC)CC)c(C)c1. The highest BCUT2D eigenvalue weighted by Gasteiger charge is 2.08. The second-order valence-corrected chi connectivity index (χ2v) is 4.95. The summed E-state index contributed by atoms with van der Waals surface area (Å²) in [5.74, 6) is 0.708. The smallest absolute Gasteiger partial charge is 0.251 e. The summed E-state index contributed by atoms with van der Waals surface area (Å²) >= 11 is 0. The highest BCUT2D eigenvalue weighted by atomic mass is 16.1. The van der Waals surface area contributed by atoms with E-state index >= 15 is 0 Å². The summed E-state index contributed by atoms with van der Waals surface area (Å²) in [6.07, 6.45) is 2.39. The van der Waals surface area contributed by atoms with E-state index in [4.69, 9.17) is 0 Å². The van der Waals surface area contributed by atoms with E-state index in [0.29, 0.717) is 12.5 Å². The number of benzene rings is 1. The van der Waals surface area contributed by atoms with Crippen molar-refractivity contribution in [2.45, 2.75) is 40.5 Å². The zero-order valence-electron chi connectivity index (χ0n) is 12.5. The van der Waals surface area contributed by atoms with Crippen molar-refractivity contribution in [1.82, 2.24) is 5.32 Å². The Bertz CT molecular complexity index is 411. The molecule has 2 N–H and O–H groups in total. The molecule has 0 aliphatic carbocycles. The van der Waals surface area contributed by atoms with Crippen molar-refractivity contribution in [1.29, 1.82) is 0 Å². The molecule has 106 valence electrons. The summed E-state index contributed by atoms with van der Waals surface area (Å²) in [7, 11) is 0. The van der Waals surface area contributed by atoms with Crippen LogP contribution in [0.4, 0.5) is 5.69 Å². The predicted octanol–water partition coefficient (Wildman–Crippen LogP) is 3.59. The molecule has 19 heavy (non-hydrogen) atoms. The summed E-state index contributed by atoms with van der Waals surface area (Å²) in [5.41, 5.74) is 2.97. The van der Waals surface area contributed by atoms with Crippen LogP contribution in [-0.2, 0) is 0 Å². The van der Waals surface area contributed by atoms with Crippen molar-refractivity contribution >= 4 is 11.6 Å². The highest BCUT2D eigenvalue weighted by molar-refractivity contribution is 5.94. The van der Waals surface area contributed by atoms with Gasteiger partial charge in [-0.15, -0.1) is 0 Å². The Morgan fingerprint density at radius 1 is 1.21 bits per heavy atom. The molecule has 1 amide bonds. The molecule has 0 bridgehead atoms. The lowest BCUT2D eigenvalue weighted by Crippen LogP contribution is -2.22. The van der Waals surface area contributed by atoms with E-state index in [0.717, 1.165) is 23.4 Å². The minimum atomic E-state index is -0.00265. The zero-order chi connectivity index (χ0) is 14.3. The van der Waals surface area contributed by atoms with Crippen LogP contribution < -0.4 is 10.6 Å². The Kier molecular flexibility index (Phi) is 6.40. The van der Waals surface area contributed by atoms with Gasteiger partial charge in [0.15, 0.2) is 0 Å². The third kappa shape index (κ3) is 4.58. The van der Waals surface area contributed by atoms with Crippen LogP contribution in [0.2, 0.25) is 0 Å². The van der Waals surface area contributed by atoms with Crippen LogP contribution in [-0.4, -0.2) is 19.0 Å². The molecule has 0 aromatic heterocycles. The molecule has 3 heteroatoms. The number of carbonyl (C=O) groups is 1. The van der Waals surface area contributed by atoms with Crippen molar-refractivity contribution in [3.63, 3.8) is 0 Å². The van der Waals surface area contributed by atoms with Gasteiger partial charge >= 0.3 is 0 Å². The maximum Gasteiger partial charge on any atom is 0.251 e. The first-order valence-electron chi connectivity index (χ1n) is 7.25. The Morgan fingerprint density at radius 3 is 2.42 bits per heavy atom. The molecule has 1 rings (SSSR count). The van der Waals surface area contributed by atoms with E-state index in [1.54, 1.807) is 0 Å². The van der Waals surface area contributed by atoms with E-state index in [1.807, 2.05) is 32.0 Å². The molecule has 0 aliphatic heterocycles. The topological polar surface area (TPSA) is 41.1 Å². The van der Waals surface area contributed by atoms with Gasteiger partial charge in [-0.1, -0.05) is 26.7 Å². The highest BCUT2D eigenvalue weighted by Crippen LogP contribution is 2.18. The summed E-state index contributed by atoms with van der Waals surface area (Å²) in [4.78, 5) is 11.7. The van der Waals surface area contributed by atoms with E-state index in [1.165, 1.54) is 12.8 Å². The molecule has 0 atom stereocenters. The summed E-state index contributed by atoms with van der Waals surface area (Å²) < 4.78 is 0. The maximum atomic E-state index is 11.7. The third-order valence-corrected chi connectivity index (χ3v) is 3.56. The monoisotopic (exact) mass is 262 g/mol. The van der Waals surface area contributed by atoms with Gasteiger partial charge in [0.1, 0.15) is 0 Å². The van der Waals surface area contributed by atoms with Crippen molar-refractivity contribution in [3.05, 3.63) is 29.3 Å². The second-order valence-electron chi connectivity index (χ2n) is 4.95. The number of hydrogen-bond acceptors (Lipinski definition) is 2. The third-order valence-electron chi connectivity index (χ3n) is 3.56. The first-order valence-corrected chi connectivity index (χ1v) is 7.25. The normalized spacial score (nSPS) is 10.6. The maximum absolute atomic E-state index is 11.7. The predicted molar refractivity (Wildman–Crippen MR) is 81.7 cm³/mol. The number of rotatable bonds is 7. The Labute approximate surface area is 116 Å². The molecule has 0 aliphatic rings. The van der Waals surface area contributed by atoms with Crippen LogP contribution in [0.3, 0.4) is 0 Å². The van der Waals surface area contributed by atoms with Crippen LogP contribution in [0.5, 0.6) is 0 Å². The van der Waals surface area contributed by atoms with Crippen LogP contribution in [0, 0.1) is 12.8 Å². The van der Waals surface area contributed by atoms with Gasteiger partial charge < -0.3 is 10.6 Å². The van der Waals surface area contributed by atoms with Crippen molar-refractivity contribution in [3.8, 4) is 0 Å². The second kappa shape index (κ2) is 7.82. The van der Waals surface area contributed by atoms with E-state index in [-0.39, 0.29) is 5.91 Å². The molecule has 0 saturated heterocycles. The minimum Gasteiger partial charge on any atom is -0.385 e. The average Bonchev–Trinajstić information content (AvgIpc) is 2.41. The standard InChI is InChI=1S/C16H26N2O/c1-5-13(6-2)11-18-15-9-8-14(10-12(15)4)16(19)17-7-3/h8-10,13,18H,5-7,11H2,1-4H3,(H,17,19). The van der Waals surface area contributed by atoms with Crippen LogP contribution in [0.25, 0.3) is 0 Å². The lowest BCUT2D eigenvalue weighted by molar-refractivity contribution is 0.0956. The number of carbonyl (C=O) groups excluding carboxylic acids is 1. The van der Waals surface area contributed by atoms with Crippen molar-refractivity contribution in [2.75, 3.05) is 18.4 Å².